The third-order valence-electron chi connectivity index (χ3n) is 4.87. The molecule has 1 aromatic rings. The van der Waals surface area contributed by atoms with Crippen molar-refractivity contribution < 1.29 is 18.3 Å². The van der Waals surface area contributed by atoms with Gasteiger partial charge in [0.1, 0.15) is 12.0 Å². The van der Waals surface area contributed by atoms with Gasteiger partial charge in [0.25, 0.3) is 0 Å². The van der Waals surface area contributed by atoms with E-state index in [1.807, 2.05) is 0 Å². The van der Waals surface area contributed by atoms with Gasteiger partial charge < -0.3 is 15.6 Å². The molecule has 1 aromatic carbocycles. The fourth-order valence-corrected chi connectivity index (χ4v) is 4.46. The number of aliphatic hydroxyl groups excluding tert-OH is 1. The molecule has 8 nitrogen and oxygen atoms in total. The van der Waals surface area contributed by atoms with E-state index < -0.39 is 16.4 Å². The standard InChI is InChI=1S/C18H28N4O4S/c1-12(2)9-16(23)22-8-4-5-13(10-22)11-26-15-7-3-6-14-17(15)18(19)21-27(24,25)20-14/h3,6-7,12-13,16,20,23H,4-5,8-11H2,1-2H3,(H2,19,21)/t13-,16?/m0/s1. The molecule has 0 aromatic heterocycles. The molecule has 2 aliphatic heterocycles. The van der Waals surface area contributed by atoms with Crippen LogP contribution in [0.2, 0.25) is 0 Å². The van der Waals surface area contributed by atoms with Gasteiger partial charge in [-0.2, -0.15) is 8.42 Å². The molecule has 0 amide bonds. The summed E-state index contributed by atoms with van der Waals surface area (Å²) in [5.41, 5.74) is 6.69. The topological polar surface area (TPSA) is 117 Å². The number of nitrogens with zero attached hydrogens (tertiary/aromatic N) is 2. The summed E-state index contributed by atoms with van der Waals surface area (Å²) in [6.07, 6.45) is 2.37. The maximum absolute atomic E-state index is 11.7. The van der Waals surface area contributed by atoms with Crippen molar-refractivity contribution in [1.29, 1.82) is 0 Å². The second-order valence-corrected chi connectivity index (χ2v) is 8.99. The Morgan fingerprint density at radius 1 is 1.44 bits per heavy atom. The SMILES string of the molecule is CC(C)CC(O)N1CCC[C@H](COc2cccc3c2C(N)=NS(=O)(=O)N3)C1. The number of likely N-dealkylation sites (tertiary alicyclic amines) is 1. The molecule has 3 rings (SSSR count). The van der Waals surface area contributed by atoms with Gasteiger partial charge in [-0.05, 0) is 37.3 Å². The smallest absolute Gasteiger partial charge is 0.344 e. The lowest BCUT2D eigenvalue weighted by atomic mass is 9.97. The average Bonchev–Trinajstić information content (AvgIpc) is 2.58. The molecule has 150 valence electrons. The lowest BCUT2D eigenvalue weighted by molar-refractivity contribution is -0.0383. The second-order valence-electron chi connectivity index (χ2n) is 7.66. The predicted molar refractivity (Wildman–Crippen MR) is 105 cm³/mol. The molecular formula is C18H28N4O4S. The maximum Gasteiger partial charge on any atom is 0.344 e. The van der Waals surface area contributed by atoms with Crippen LogP contribution in [0.5, 0.6) is 5.75 Å². The molecule has 2 atom stereocenters. The monoisotopic (exact) mass is 396 g/mol. The highest BCUT2D eigenvalue weighted by molar-refractivity contribution is 7.91. The van der Waals surface area contributed by atoms with E-state index in [9.17, 15) is 13.5 Å². The van der Waals surface area contributed by atoms with Crippen LogP contribution in [0, 0.1) is 11.8 Å². The zero-order chi connectivity index (χ0) is 19.6. The molecule has 0 bridgehead atoms. The lowest BCUT2D eigenvalue weighted by Gasteiger charge is -2.36. The van der Waals surface area contributed by atoms with Crippen molar-refractivity contribution in [3.8, 4) is 5.75 Å². The van der Waals surface area contributed by atoms with Crippen molar-refractivity contribution in [2.24, 2.45) is 22.0 Å². The van der Waals surface area contributed by atoms with E-state index >= 15 is 0 Å². The first-order valence-corrected chi connectivity index (χ1v) is 10.8. The normalized spacial score (nSPS) is 23.3. The summed E-state index contributed by atoms with van der Waals surface area (Å²) in [5.74, 6) is 1.17. The van der Waals surface area contributed by atoms with Crippen molar-refractivity contribution in [1.82, 2.24) is 4.90 Å². The Kier molecular flexibility index (Phi) is 5.92. The summed E-state index contributed by atoms with van der Waals surface area (Å²) in [6, 6.07) is 5.11. The van der Waals surface area contributed by atoms with E-state index in [2.05, 4.69) is 27.9 Å². The van der Waals surface area contributed by atoms with Crippen LogP contribution < -0.4 is 15.2 Å². The highest BCUT2D eigenvalue weighted by atomic mass is 32.2. The predicted octanol–water partition coefficient (Wildman–Crippen LogP) is 1.52. The lowest BCUT2D eigenvalue weighted by Crippen LogP contribution is -2.44. The van der Waals surface area contributed by atoms with Gasteiger partial charge in [-0.1, -0.05) is 19.9 Å². The van der Waals surface area contributed by atoms with E-state index in [1.165, 1.54) is 0 Å². The summed E-state index contributed by atoms with van der Waals surface area (Å²) in [7, 11) is -3.80. The molecule has 27 heavy (non-hydrogen) atoms. The van der Waals surface area contributed by atoms with E-state index in [-0.39, 0.29) is 11.8 Å². The van der Waals surface area contributed by atoms with Gasteiger partial charge in [0.05, 0.1) is 17.9 Å². The molecule has 1 saturated heterocycles. The number of rotatable bonds is 6. The molecule has 9 heteroatoms. The van der Waals surface area contributed by atoms with E-state index in [1.54, 1.807) is 18.2 Å². The number of amidine groups is 1. The molecule has 0 aliphatic carbocycles. The number of benzene rings is 1. The average molecular weight is 397 g/mol. The molecule has 0 spiro atoms. The Morgan fingerprint density at radius 3 is 2.96 bits per heavy atom. The Labute approximate surface area is 160 Å². The fourth-order valence-electron chi connectivity index (χ4n) is 3.62. The number of nitrogens with one attached hydrogen (secondary N) is 1. The largest absolute Gasteiger partial charge is 0.492 e. The fraction of sp³-hybridized carbons (Fsp3) is 0.611. The van der Waals surface area contributed by atoms with Crippen molar-refractivity contribution in [2.45, 2.75) is 39.3 Å². The molecule has 2 heterocycles. The first-order chi connectivity index (χ1) is 12.7. The van der Waals surface area contributed by atoms with Crippen LogP contribution >= 0.6 is 0 Å². The Balaban J connectivity index is 1.66. The summed E-state index contributed by atoms with van der Waals surface area (Å²) < 4.78 is 35.2. The number of ether oxygens (including phenoxy) is 1. The number of anilines is 1. The van der Waals surface area contributed by atoms with Crippen molar-refractivity contribution in [3.63, 3.8) is 0 Å². The van der Waals surface area contributed by atoms with Crippen LogP contribution in [0.4, 0.5) is 5.69 Å². The van der Waals surface area contributed by atoms with Crippen LogP contribution in [0.3, 0.4) is 0 Å². The van der Waals surface area contributed by atoms with Crippen LogP contribution in [0.15, 0.2) is 22.6 Å². The molecule has 0 saturated carbocycles. The Morgan fingerprint density at radius 2 is 2.22 bits per heavy atom. The van der Waals surface area contributed by atoms with Gasteiger partial charge in [0.2, 0.25) is 0 Å². The van der Waals surface area contributed by atoms with Crippen LogP contribution in [0.1, 0.15) is 38.7 Å². The number of nitrogens with two attached hydrogens (primary N) is 1. The Hall–Kier alpha value is -1.84. The van der Waals surface area contributed by atoms with Crippen LogP contribution in [0.25, 0.3) is 0 Å². The third kappa shape index (κ3) is 4.91. The van der Waals surface area contributed by atoms with E-state index in [0.717, 1.165) is 32.4 Å². The quantitative estimate of drug-likeness (QED) is 0.671. The molecule has 4 N–H and O–H groups in total. The van der Waals surface area contributed by atoms with Gasteiger partial charge in [0, 0.05) is 19.0 Å². The molecular weight excluding hydrogens is 368 g/mol. The molecule has 1 unspecified atom stereocenters. The summed E-state index contributed by atoms with van der Waals surface area (Å²) in [4.78, 5) is 2.11. The minimum absolute atomic E-state index is 0.0722. The summed E-state index contributed by atoms with van der Waals surface area (Å²) >= 11 is 0. The first-order valence-electron chi connectivity index (χ1n) is 9.31. The zero-order valence-corrected chi connectivity index (χ0v) is 16.6. The highest BCUT2D eigenvalue weighted by Gasteiger charge is 2.27. The van der Waals surface area contributed by atoms with E-state index in [4.69, 9.17) is 10.5 Å². The van der Waals surface area contributed by atoms with Gasteiger partial charge >= 0.3 is 10.2 Å². The second kappa shape index (κ2) is 8.04. The zero-order valence-electron chi connectivity index (χ0n) is 15.8. The Bertz CT molecular complexity index is 810. The molecule has 1 fully saturated rings. The minimum atomic E-state index is -3.80. The number of hydrogen-bond acceptors (Lipinski definition) is 6. The van der Waals surface area contributed by atoms with Gasteiger partial charge in [-0.3, -0.25) is 9.62 Å². The summed E-state index contributed by atoms with van der Waals surface area (Å²) in [6.45, 7) is 6.35. The molecule has 0 radical (unpaired) electrons. The molecule has 2 aliphatic rings. The van der Waals surface area contributed by atoms with Gasteiger partial charge in [-0.25, -0.2) is 0 Å². The van der Waals surface area contributed by atoms with Gasteiger partial charge in [-0.15, -0.1) is 4.40 Å². The van der Waals surface area contributed by atoms with E-state index in [0.29, 0.717) is 29.5 Å². The van der Waals surface area contributed by atoms with Gasteiger partial charge in [0.15, 0.2) is 5.84 Å². The number of piperidine rings is 1. The minimum Gasteiger partial charge on any atom is -0.492 e. The van der Waals surface area contributed by atoms with Crippen molar-refractivity contribution in [2.75, 3.05) is 24.4 Å². The number of aliphatic hydroxyl groups is 1. The van der Waals surface area contributed by atoms with Crippen molar-refractivity contribution >= 4 is 21.7 Å². The third-order valence-corrected chi connectivity index (χ3v) is 5.78. The van der Waals surface area contributed by atoms with Crippen molar-refractivity contribution in [3.05, 3.63) is 23.8 Å². The first kappa shape index (κ1) is 19.9. The maximum atomic E-state index is 11.7. The van der Waals surface area contributed by atoms with Crippen LogP contribution in [-0.2, 0) is 10.2 Å². The summed E-state index contributed by atoms with van der Waals surface area (Å²) in [5, 5.41) is 10.4. The number of hydrogen-bond donors (Lipinski definition) is 3. The highest BCUT2D eigenvalue weighted by Crippen LogP contribution is 2.31. The number of fused-ring (bicyclic) bond motifs is 1. The van der Waals surface area contributed by atoms with Crippen LogP contribution in [-0.4, -0.2) is 50.2 Å².